The van der Waals surface area contributed by atoms with Gasteiger partial charge in [0.25, 0.3) is 5.91 Å². The van der Waals surface area contributed by atoms with Gasteiger partial charge in [-0.2, -0.15) is 0 Å². The van der Waals surface area contributed by atoms with Crippen molar-refractivity contribution in [1.82, 2.24) is 29.9 Å². The number of methoxy groups -OCH3 is 1. The second-order valence-corrected chi connectivity index (χ2v) is 8.63. The summed E-state index contributed by atoms with van der Waals surface area (Å²) in [7, 11) is 5.45. The molecule has 0 atom stereocenters. The fraction of sp³-hybridized carbons (Fsp3) is 0.360. The Kier molecular flexibility index (Phi) is 8.73. The normalized spacial score (nSPS) is 14.4. The SMILES string of the molecule is C=N/C=C(\C=N/CN(C)Cc1nc2c(N3CCOCC3)nc(-c3ccc(OC)cc3)nc2n1C)C(=O)NO. The van der Waals surface area contributed by atoms with Gasteiger partial charge in [-0.1, -0.05) is 0 Å². The summed E-state index contributed by atoms with van der Waals surface area (Å²) in [5, 5.41) is 8.85. The number of hydrogen-bond donors (Lipinski definition) is 2. The number of morpholine rings is 1. The number of anilines is 1. The zero-order chi connectivity index (χ0) is 27.1. The molecular weight excluding hydrogens is 490 g/mol. The van der Waals surface area contributed by atoms with E-state index in [-0.39, 0.29) is 12.2 Å². The lowest BCUT2D eigenvalue weighted by Gasteiger charge is -2.28. The molecule has 0 aliphatic carbocycles. The van der Waals surface area contributed by atoms with E-state index in [0.717, 1.165) is 34.1 Å². The van der Waals surface area contributed by atoms with Gasteiger partial charge in [-0.05, 0) is 38.0 Å². The number of hydroxylamine groups is 1. The molecule has 0 unspecified atom stereocenters. The largest absolute Gasteiger partial charge is 0.497 e. The molecular formula is C25H31N9O4. The van der Waals surface area contributed by atoms with Crippen LogP contribution in [-0.2, 0) is 23.1 Å². The molecule has 13 nitrogen and oxygen atoms in total. The summed E-state index contributed by atoms with van der Waals surface area (Å²) in [6.07, 6.45) is 2.54. The first-order chi connectivity index (χ1) is 18.4. The zero-order valence-electron chi connectivity index (χ0n) is 21.7. The van der Waals surface area contributed by atoms with E-state index < -0.39 is 5.91 Å². The van der Waals surface area contributed by atoms with Crippen LogP contribution in [0.5, 0.6) is 5.75 Å². The van der Waals surface area contributed by atoms with Crippen LogP contribution < -0.4 is 15.1 Å². The highest BCUT2D eigenvalue weighted by atomic mass is 16.5. The standard InChI is InChI=1S/C25H31N9O4/c1-26-13-18(25(35)31-36)14-27-16-32(2)15-20-28-21-23(33(20)3)29-22(17-5-7-19(37-4)8-6-17)30-24(21)34-9-11-38-12-10-34/h5-8,13-14,36H,1,9-12,15-16H2,2-4H3,(H,31,35)/b18-13+,27-14-. The number of nitrogens with zero attached hydrogens (tertiary/aromatic N) is 8. The number of amides is 1. The quantitative estimate of drug-likeness (QED) is 0.175. The van der Waals surface area contributed by atoms with Gasteiger partial charge >= 0.3 is 0 Å². The topological polar surface area (TPSA) is 143 Å². The molecule has 1 fully saturated rings. The number of aliphatic imine (C=N–C) groups is 2. The number of benzene rings is 1. The van der Waals surface area contributed by atoms with E-state index in [2.05, 4.69) is 21.6 Å². The Hall–Kier alpha value is -4.20. The number of ether oxygens (including phenoxy) is 2. The highest BCUT2D eigenvalue weighted by molar-refractivity contribution is 6.11. The first kappa shape index (κ1) is 26.9. The lowest BCUT2D eigenvalue weighted by molar-refractivity contribution is -0.124. The number of carbonyl (C=O) groups is 1. The van der Waals surface area contributed by atoms with Crippen molar-refractivity contribution in [2.24, 2.45) is 17.0 Å². The minimum atomic E-state index is -0.721. The summed E-state index contributed by atoms with van der Waals surface area (Å²) in [4.78, 5) is 38.3. The van der Waals surface area contributed by atoms with Crippen LogP contribution in [0.1, 0.15) is 5.82 Å². The lowest BCUT2D eigenvalue weighted by Crippen LogP contribution is -2.37. The van der Waals surface area contributed by atoms with Gasteiger partial charge in [0, 0.05) is 38.1 Å². The molecule has 1 amide bonds. The van der Waals surface area contributed by atoms with Crippen molar-refractivity contribution in [2.75, 3.05) is 52.0 Å². The molecule has 38 heavy (non-hydrogen) atoms. The predicted molar refractivity (Wildman–Crippen MR) is 144 cm³/mol. The zero-order valence-corrected chi connectivity index (χ0v) is 21.7. The van der Waals surface area contributed by atoms with E-state index in [1.165, 1.54) is 12.4 Å². The van der Waals surface area contributed by atoms with Crippen molar-refractivity contribution in [3.63, 3.8) is 0 Å². The van der Waals surface area contributed by atoms with Crippen LogP contribution >= 0.6 is 0 Å². The number of rotatable bonds is 10. The van der Waals surface area contributed by atoms with Crippen LogP contribution in [0.25, 0.3) is 22.6 Å². The van der Waals surface area contributed by atoms with E-state index in [1.54, 1.807) is 12.6 Å². The van der Waals surface area contributed by atoms with Gasteiger partial charge < -0.3 is 18.9 Å². The Morgan fingerprint density at radius 1 is 1.26 bits per heavy atom. The third-order valence-electron chi connectivity index (χ3n) is 6.01. The van der Waals surface area contributed by atoms with Crippen LogP contribution in [0, 0.1) is 0 Å². The Labute approximate surface area is 220 Å². The van der Waals surface area contributed by atoms with Gasteiger partial charge in [-0.25, -0.2) is 20.4 Å². The Morgan fingerprint density at radius 2 is 2.00 bits per heavy atom. The summed E-state index contributed by atoms with van der Waals surface area (Å²) in [5.74, 6) is 2.20. The number of hydrogen-bond acceptors (Lipinski definition) is 11. The molecule has 3 aromatic rings. The van der Waals surface area contributed by atoms with Crippen molar-refractivity contribution < 1.29 is 19.5 Å². The summed E-state index contributed by atoms with van der Waals surface area (Å²) in [6, 6.07) is 7.65. The van der Waals surface area contributed by atoms with Gasteiger partial charge in [0.05, 0.1) is 39.1 Å². The smallest absolute Gasteiger partial charge is 0.277 e. The maximum Gasteiger partial charge on any atom is 0.277 e. The second-order valence-electron chi connectivity index (χ2n) is 8.63. The summed E-state index contributed by atoms with van der Waals surface area (Å²) >= 11 is 0. The highest BCUT2D eigenvalue weighted by Gasteiger charge is 2.23. The van der Waals surface area contributed by atoms with E-state index in [0.29, 0.717) is 38.7 Å². The Morgan fingerprint density at radius 3 is 2.66 bits per heavy atom. The molecule has 0 radical (unpaired) electrons. The maximum absolute atomic E-state index is 11.7. The summed E-state index contributed by atoms with van der Waals surface area (Å²) < 4.78 is 12.8. The molecule has 4 rings (SSSR count). The molecule has 0 bridgehead atoms. The van der Waals surface area contributed by atoms with Crippen molar-refractivity contribution >= 4 is 35.8 Å². The molecule has 1 aromatic carbocycles. The third kappa shape index (κ3) is 6.02. The molecule has 13 heteroatoms. The van der Waals surface area contributed by atoms with E-state index in [1.807, 2.05) is 47.8 Å². The summed E-state index contributed by atoms with van der Waals surface area (Å²) in [5.41, 5.74) is 3.96. The first-order valence-corrected chi connectivity index (χ1v) is 11.9. The van der Waals surface area contributed by atoms with Crippen LogP contribution in [0.15, 0.2) is 46.0 Å². The second kappa shape index (κ2) is 12.4. The van der Waals surface area contributed by atoms with E-state index in [4.69, 9.17) is 29.6 Å². The van der Waals surface area contributed by atoms with E-state index in [9.17, 15) is 4.79 Å². The molecule has 0 spiro atoms. The van der Waals surface area contributed by atoms with Gasteiger partial charge in [0.15, 0.2) is 22.8 Å². The molecule has 1 aliphatic rings. The minimum Gasteiger partial charge on any atom is -0.497 e. The number of aromatic nitrogens is 4. The van der Waals surface area contributed by atoms with Crippen molar-refractivity contribution in [3.05, 3.63) is 41.9 Å². The molecule has 200 valence electrons. The highest BCUT2D eigenvalue weighted by Crippen LogP contribution is 2.29. The Bertz CT molecular complexity index is 1350. The van der Waals surface area contributed by atoms with Gasteiger partial charge in [-0.3, -0.25) is 24.9 Å². The number of nitrogens with one attached hydrogen (secondary N) is 1. The molecule has 0 saturated carbocycles. The minimum absolute atomic E-state index is 0.0788. The van der Waals surface area contributed by atoms with Crippen LogP contribution in [-0.4, -0.2) is 95.6 Å². The average Bonchev–Trinajstić information content (AvgIpc) is 3.26. The third-order valence-corrected chi connectivity index (χ3v) is 6.01. The van der Waals surface area contributed by atoms with Crippen molar-refractivity contribution in [1.29, 1.82) is 0 Å². The molecule has 1 aliphatic heterocycles. The number of fused-ring (bicyclic) bond motifs is 1. The lowest BCUT2D eigenvalue weighted by atomic mass is 10.2. The predicted octanol–water partition coefficient (Wildman–Crippen LogP) is 1.43. The van der Waals surface area contributed by atoms with Gasteiger partial charge in [0.2, 0.25) is 0 Å². The first-order valence-electron chi connectivity index (χ1n) is 11.9. The number of imidazole rings is 1. The fourth-order valence-corrected chi connectivity index (χ4v) is 3.98. The number of carbonyl (C=O) groups excluding carboxylic acids is 1. The van der Waals surface area contributed by atoms with Crippen molar-refractivity contribution in [3.8, 4) is 17.1 Å². The molecule has 2 N–H and O–H groups in total. The van der Waals surface area contributed by atoms with Crippen LogP contribution in [0.4, 0.5) is 5.82 Å². The Balaban J connectivity index is 1.64. The molecule has 1 saturated heterocycles. The van der Waals surface area contributed by atoms with Gasteiger partial charge in [-0.15, -0.1) is 0 Å². The molecule has 2 aromatic heterocycles. The summed E-state index contributed by atoms with van der Waals surface area (Å²) in [6.45, 7) is 6.73. The molecule has 3 heterocycles. The average molecular weight is 522 g/mol. The monoisotopic (exact) mass is 521 g/mol. The van der Waals surface area contributed by atoms with Crippen LogP contribution in [0.2, 0.25) is 0 Å². The maximum atomic E-state index is 11.7. The number of aryl methyl sites for hydroxylation is 1. The van der Waals surface area contributed by atoms with E-state index >= 15 is 0 Å². The van der Waals surface area contributed by atoms with Crippen LogP contribution in [0.3, 0.4) is 0 Å². The van der Waals surface area contributed by atoms with Crippen molar-refractivity contribution in [2.45, 2.75) is 6.54 Å². The fourth-order valence-electron chi connectivity index (χ4n) is 3.98. The van der Waals surface area contributed by atoms with Gasteiger partial charge in [0.1, 0.15) is 11.6 Å².